The van der Waals surface area contributed by atoms with Gasteiger partial charge in [-0.1, -0.05) is 0 Å². The second-order valence-electron chi connectivity index (χ2n) is 7.97. The Hall–Kier alpha value is -4.82. The van der Waals surface area contributed by atoms with Gasteiger partial charge in [0, 0.05) is 24.8 Å². The summed E-state index contributed by atoms with van der Waals surface area (Å²) in [7, 11) is 2.89. The van der Waals surface area contributed by atoms with Crippen LogP contribution in [0.1, 0.15) is 0 Å². The van der Waals surface area contributed by atoms with Crippen molar-refractivity contribution in [2.24, 2.45) is 0 Å². The molecule has 186 valence electrons. The Kier molecular flexibility index (Phi) is 4.92. The topological polar surface area (TPSA) is 140 Å². The summed E-state index contributed by atoms with van der Waals surface area (Å²) in [6.45, 7) is 0. The van der Waals surface area contributed by atoms with E-state index in [1.807, 2.05) is 0 Å². The Labute approximate surface area is 219 Å². The molecule has 0 saturated heterocycles. The molecule has 0 fully saturated rings. The second-order valence-corrected chi connectivity index (χ2v) is 9.97. The molecule has 0 unspecified atom stereocenters. The first-order chi connectivity index (χ1) is 18.6. The monoisotopic (exact) mass is 542 g/mol. The van der Waals surface area contributed by atoms with Crippen LogP contribution in [-0.4, -0.2) is 53.3 Å². The molecule has 0 bridgehead atoms. The highest BCUT2D eigenvalue weighted by molar-refractivity contribution is 7.25. The van der Waals surface area contributed by atoms with Crippen molar-refractivity contribution in [3.8, 4) is 23.4 Å². The molecule has 7 rings (SSSR count). The molecule has 38 heavy (non-hydrogen) atoms. The second kappa shape index (κ2) is 8.36. The SMILES string of the molecule is COc1nc2c(sc3nccnc32)c(=O)n1-c1ccc(-n2c(OC)nc3c(sc4nccnc43)c2=O)cc1. The van der Waals surface area contributed by atoms with Gasteiger partial charge in [0.15, 0.2) is 0 Å². The zero-order chi connectivity index (χ0) is 26.0. The van der Waals surface area contributed by atoms with E-state index < -0.39 is 0 Å². The molecular formula is C24H14N8O4S2. The number of thiophene rings is 2. The van der Waals surface area contributed by atoms with Crippen molar-refractivity contribution in [3.63, 3.8) is 0 Å². The van der Waals surface area contributed by atoms with Crippen LogP contribution in [0.3, 0.4) is 0 Å². The van der Waals surface area contributed by atoms with Crippen LogP contribution in [0.2, 0.25) is 0 Å². The molecule has 6 aromatic heterocycles. The van der Waals surface area contributed by atoms with Crippen LogP contribution in [0.4, 0.5) is 0 Å². The number of ether oxygens (including phenoxy) is 2. The van der Waals surface area contributed by atoms with E-state index in [0.29, 0.717) is 52.5 Å². The summed E-state index contributed by atoms with van der Waals surface area (Å²) < 4.78 is 14.5. The van der Waals surface area contributed by atoms with E-state index in [1.54, 1.807) is 49.1 Å². The molecule has 0 aliphatic carbocycles. The molecular weight excluding hydrogens is 528 g/mol. The maximum Gasteiger partial charge on any atom is 0.304 e. The Morgan fingerprint density at radius 3 is 1.39 bits per heavy atom. The van der Waals surface area contributed by atoms with Gasteiger partial charge in [-0.2, -0.15) is 9.97 Å². The van der Waals surface area contributed by atoms with E-state index in [1.165, 1.54) is 46.0 Å². The lowest BCUT2D eigenvalue weighted by Gasteiger charge is -2.13. The summed E-state index contributed by atoms with van der Waals surface area (Å²) in [5.41, 5.74) is 2.35. The van der Waals surface area contributed by atoms with Crippen molar-refractivity contribution in [1.29, 1.82) is 0 Å². The lowest BCUT2D eigenvalue weighted by Crippen LogP contribution is -2.22. The van der Waals surface area contributed by atoms with Crippen molar-refractivity contribution in [3.05, 3.63) is 69.8 Å². The minimum Gasteiger partial charge on any atom is -0.468 e. The van der Waals surface area contributed by atoms with E-state index in [9.17, 15) is 9.59 Å². The number of hydrogen-bond donors (Lipinski definition) is 0. The number of methoxy groups -OCH3 is 2. The highest BCUT2D eigenvalue weighted by Gasteiger charge is 2.21. The quantitative estimate of drug-likeness (QED) is 0.326. The molecule has 0 saturated carbocycles. The molecule has 1 aromatic carbocycles. The third kappa shape index (κ3) is 3.13. The van der Waals surface area contributed by atoms with Gasteiger partial charge in [0.1, 0.15) is 41.1 Å². The van der Waals surface area contributed by atoms with Crippen LogP contribution in [0, 0.1) is 0 Å². The maximum atomic E-state index is 13.5. The van der Waals surface area contributed by atoms with Gasteiger partial charge in [0.05, 0.1) is 25.6 Å². The van der Waals surface area contributed by atoms with E-state index in [2.05, 4.69) is 29.9 Å². The molecule has 7 aromatic rings. The van der Waals surface area contributed by atoms with Gasteiger partial charge in [0.2, 0.25) is 0 Å². The van der Waals surface area contributed by atoms with Crippen LogP contribution in [0.15, 0.2) is 58.6 Å². The fourth-order valence-corrected chi connectivity index (χ4v) is 6.22. The summed E-state index contributed by atoms with van der Waals surface area (Å²) in [5.74, 6) is 0. The van der Waals surface area contributed by atoms with Gasteiger partial charge < -0.3 is 9.47 Å². The molecule has 0 radical (unpaired) electrons. The van der Waals surface area contributed by atoms with E-state index >= 15 is 0 Å². The Morgan fingerprint density at radius 1 is 0.605 bits per heavy atom. The summed E-state index contributed by atoms with van der Waals surface area (Å²) >= 11 is 2.44. The van der Waals surface area contributed by atoms with Crippen LogP contribution in [0.5, 0.6) is 12.0 Å². The van der Waals surface area contributed by atoms with Crippen molar-refractivity contribution in [1.82, 2.24) is 39.0 Å². The fraction of sp³-hybridized carbons (Fsp3) is 0.0833. The van der Waals surface area contributed by atoms with Crippen molar-refractivity contribution in [2.75, 3.05) is 14.2 Å². The molecule has 0 atom stereocenters. The number of nitrogens with zero attached hydrogens (tertiary/aromatic N) is 8. The van der Waals surface area contributed by atoms with Crippen LogP contribution in [0.25, 0.3) is 52.5 Å². The third-order valence-corrected chi connectivity index (χ3v) is 8.06. The van der Waals surface area contributed by atoms with Gasteiger partial charge in [-0.05, 0) is 24.3 Å². The first kappa shape index (κ1) is 22.4. The van der Waals surface area contributed by atoms with Crippen molar-refractivity contribution >= 4 is 63.8 Å². The summed E-state index contributed by atoms with van der Waals surface area (Å²) in [6.07, 6.45) is 6.25. The molecule has 12 nitrogen and oxygen atoms in total. The number of hydrogen-bond acceptors (Lipinski definition) is 12. The average Bonchev–Trinajstić information content (AvgIpc) is 3.52. The average molecular weight is 543 g/mol. The largest absolute Gasteiger partial charge is 0.468 e. The minimum atomic E-state index is -0.312. The molecule has 0 aliphatic heterocycles. The van der Waals surface area contributed by atoms with Crippen LogP contribution < -0.4 is 20.6 Å². The fourth-order valence-electron chi connectivity index (χ4n) is 4.28. The van der Waals surface area contributed by atoms with Crippen molar-refractivity contribution in [2.45, 2.75) is 0 Å². The summed E-state index contributed by atoms with van der Waals surface area (Å²) in [4.78, 5) is 54.6. The van der Waals surface area contributed by atoms with Crippen LogP contribution >= 0.6 is 22.7 Å². The zero-order valence-corrected chi connectivity index (χ0v) is 21.3. The van der Waals surface area contributed by atoms with Gasteiger partial charge >= 0.3 is 12.0 Å². The zero-order valence-electron chi connectivity index (χ0n) is 19.6. The molecule has 0 amide bonds. The molecule has 0 spiro atoms. The van der Waals surface area contributed by atoms with Gasteiger partial charge in [-0.15, -0.1) is 22.7 Å². The maximum absolute atomic E-state index is 13.5. The van der Waals surface area contributed by atoms with Gasteiger partial charge in [-0.3, -0.25) is 9.59 Å². The van der Waals surface area contributed by atoms with Crippen molar-refractivity contribution < 1.29 is 9.47 Å². The van der Waals surface area contributed by atoms with Crippen LogP contribution in [-0.2, 0) is 0 Å². The highest BCUT2D eigenvalue weighted by Crippen LogP contribution is 2.31. The molecule has 6 heterocycles. The Balaban J connectivity index is 1.40. The van der Waals surface area contributed by atoms with E-state index in [0.717, 1.165) is 0 Å². The third-order valence-electron chi connectivity index (χ3n) is 5.93. The predicted molar refractivity (Wildman–Crippen MR) is 143 cm³/mol. The molecule has 0 aliphatic rings. The number of fused-ring (bicyclic) bond motifs is 6. The Morgan fingerprint density at radius 2 is 1.00 bits per heavy atom. The highest BCUT2D eigenvalue weighted by atomic mass is 32.1. The Bertz CT molecular complexity index is 2010. The van der Waals surface area contributed by atoms with E-state index in [4.69, 9.17) is 9.47 Å². The molecule has 14 heteroatoms. The number of aromatic nitrogens is 8. The summed E-state index contributed by atoms with van der Waals surface area (Å²) in [6, 6.07) is 6.98. The van der Waals surface area contributed by atoms with Gasteiger partial charge in [-0.25, -0.2) is 29.1 Å². The smallest absolute Gasteiger partial charge is 0.304 e. The number of benzene rings is 1. The molecule has 0 N–H and O–H groups in total. The van der Waals surface area contributed by atoms with E-state index in [-0.39, 0.29) is 23.1 Å². The normalized spacial score (nSPS) is 11.6. The lowest BCUT2D eigenvalue weighted by atomic mass is 10.2. The minimum absolute atomic E-state index is 0.101. The lowest BCUT2D eigenvalue weighted by molar-refractivity contribution is 0.367. The summed E-state index contributed by atoms with van der Waals surface area (Å²) in [5, 5.41) is 0. The first-order valence-electron chi connectivity index (χ1n) is 11.1. The standard InChI is InChI=1S/C24H14N8O4S2/c1-35-23-29-13-15-19(27-9-7-25-15)37-17(13)21(33)31(23)11-3-5-12(6-4-11)32-22(34)18-14(30-24(32)36-2)16-20(38-18)28-10-8-26-16/h3-10H,1-2H3. The first-order valence-corrected chi connectivity index (χ1v) is 12.7. The van der Waals surface area contributed by atoms with Gasteiger partial charge in [0.25, 0.3) is 11.1 Å². The number of rotatable bonds is 4. The predicted octanol–water partition coefficient (Wildman–Crippen LogP) is 3.11.